The summed E-state index contributed by atoms with van der Waals surface area (Å²) in [5.74, 6) is -0.356. The van der Waals surface area contributed by atoms with Crippen LogP contribution in [-0.2, 0) is 0 Å². The number of aromatic nitrogens is 3. The molecule has 14 heteroatoms. The molecular weight excluding hydrogens is 568 g/mol. The van der Waals surface area contributed by atoms with E-state index in [1.807, 2.05) is 4.90 Å². The zero-order valence-corrected chi connectivity index (χ0v) is 23.1. The summed E-state index contributed by atoms with van der Waals surface area (Å²) in [6, 6.07) is 9.37. The number of aromatic hydroxyl groups is 2. The van der Waals surface area contributed by atoms with E-state index in [0.717, 1.165) is 18.9 Å². The minimum Gasteiger partial charge on any atom is -0.507 e. The Hall–Kier alpha value is -4.88. The van der Waals surface area contributed by atoms with Crippen LogP contribution >= 0.6 is 11.6 Å². The molecule has 1 saturated heterocycles. The molecule has 3 heterocycles. The number of hydroxylamine groups is 1. The summed E-state index contributed by atoms with van der Waals surface area (Å²) in [7, 11) is 1.54. The van der Waals surface area contributed by atoms with Crippen LogP contribution in [0.25, 0.3) is 22.5 Å². The van der Waals surface area contributed by atoms with Gasteiger partial charge in [0.15, 0.2) is 11.5 Å². The molecule has 2 aromatic carbocycles. The van der Waals surface area contributed by atoms with Gasteiger partial charge >= 0.3 is 0 Å². The van der Waals surface area contributed by atoms with Crippen molar-refractivity contribution in [2.75, 3.05) is 31.6 Å². The van der Waals surface area contributed by atoms with E-state index in [1.54, 1.807) is 36.9 Å². The van der Waals surface area contributed by atoms with E-state index in [2.05, 4.69) is 20.4 Å². The number of ether oxygens (including phenoxy) is 1. The number of nitrogens with zero attached hydrogens (tertiary/aromatic N) is 4. The molecule has 0 saturated carbocycles. The Labute approximate surface area is 244 Å². The van der Waals surface area contributed by atoms with Gasteiger partial charge < -0.3 is 29.7 Å². The van der Waals surface area contributed by atoms with Crippen LogP contribution in [0.1, 0.15) is 33.7 Å². The van der Waals surface area contributed by atoms with Crippen LogP contribution in [0.4, 0.5) is 5.95 Å². The third-order valence-corrected chi connectivity index (χ3v) is 7.35. The number of nitrogens with one attached hydrogen (secondary N) is 2. The molecule has 1 fully saturated rings. The van der Waals surface area contributed by atoms with E-state index >= 15 is 0 Å². The Morgan fingerprint density at radius 3 is 2.40 bits per heavy atom. The number of rotatable bonds is 8. The number of phenolic OH excluding ortho intramolecular Hbond substituents is 2. The van der Waals surface area contributed by atoms with Crippen molar-refractivity contribution >= 4 is 29.4 Å². The van der Waals surface area contributed by atoms with E-state index in [0.29, 0.717) is 42.5 Å². The van der Waals surface area contributed by atoms with E-state index in [1.165, 1.54) is 18.5 Å². The molecule has 42 heavy (non-hydrogen) atoms. The molecule has 0 radical (unpaired) electrons. The van der Waals surface area contributed by atoms with Crippen LogP contribution in [0.3, 0.4) is 0 Å². The number of carbonyl (C=O) groups is 2. The highest BCUT2D eigenvalue weighted by molar-refractivity contribution is 6.32. The predicted octanol–water partition coefficient (Wildman–Crippen LogP) is 3.64. The molecule has 0 spiro atoms. The quantitative estimate of drug-likeness (QED) is 0.148. The number of hydrogen-bond acceptors (Lipinski definition) is 11. The number of carbonyl (C=O) groups excluding carboxylic acids is 2. The number of phenols is 2. The van der Waals surface area contributed by atoms with Crippen LogP contribution < -0.4 is 20.4 Å². The maximum absolute atomic E-state index is 13.4. The highest BCUT2D eigenvalue weighted by Crippen LogP contribution is 2.43. The lowest BCUT2D eigenvalue weighted by Crippen LogP contribution is -2.39. The van der Waals surface area contributed by atoms with Crippen LogP contribution in [0.15, 0.2) is 53.3 Å². The molecule has 2 amide bonds. The first-order chi connectivity index (χ1) is 20.3. The van der Waals surface area contributed by atoms with Gasteiger partial charge in [-0.3, -0.25) is 14.8 Å². The average Bonchev–Trinajstić information content (AvgIpc) is 3.46. The van der Waals surface area contributed by atoms with Crippen LogP contribution in [-0.4, -0.2) is 69.1 Å². The molecule has 218 valence electrons. The van der Waals surface area contributed by atoms with Crippen LogP contribution in [0, 0.1) is 5.92 Å². The summed E-state index contributed by atoms with van der Waals surface area (Å²) in [6.07, 6.45) is 4.22. The summed E-state index contributed by atoms with van der Waals surface area (Å²) < 4.78 is 10.8. The second-order valence-electron chi connectivity index (χ2n) is 9.64. The van der Waals surface area contributed by atoms with E-state index in [9.17, 15) is 19.8 Å². The van der Waals surface area contributed by atoms with Crippen molar-refractivity contribution in [3.63, 3.8) is 0 Å². The van der Waals surface area contributed by atoms with E-state index in [-0.39, 0.29) is 45.0 Å². The van der Waals surface area contributed by atoms with Crippen molar-refractivity contribution in [3.8, 4) is 39.7 Å². The van der Waals surface area contributed by atoms with Gasteiger partial charge in [0.2, 0.25) is 5.95 Å². The van der Waals surface area contributed by atoms with Gasteiger partial charge in [-0.05, 0) is 42.5 Å². The molecule has 1 aliphatic heterocycles. The minimum absolute atomic E-state index is 0.00535. The highest BCUT2D eigenvalue weighted by Gasteiger charge is 2.28. The Kier molecular flexibility index (Phi) is 8.41. The molecule has 4 aromatic rings. The van der Waals surface area contributed by atoms with E-state index in [4.69, 9.17) is 26.1 Å². The Balaban J connectivity index is 1.30. The van der Waals surface area contributed by atoms with Gasteiger partial charge in [0.05, 0.1) is 28.8 Å². The number of halogens is 1. The normalized spacial score (nSPS) is 13.5. The topological polar surface area (TPSA) is 183 Å². The fraction of sp³-hybridized carbons (Fsp3) is 0.250. The number of benzene rings is 2. The van der Waals surface area contributed by atoms with Crippen molar-refractivity contribution in [1.29, 1.82) is 0 Å². The number of amides is 2. The lowest BCUT2D eigenvalue weighted by atomic mass is 9.96. The van der Waals surface area contributed by atoms with Crippen molar-refractivity contribution in [1.82, 2.24) is 25.9 Å². The van der Waals surface area contributed by atoms with Crippen LogP contribution in [0.5, 0.6) is 17.2 Å². The van der Waals surface area contributed by atoms with Gasteiger partial charge in [-0.1, -0.05) is 28.9 Å². The van der Waals surface area contributed by atoms with Crippen molar-refractivity contribution in [2.24, 2.45) is 5.92 Å². The Morgan fingerprint density at radius 1 is 1.07 bits per heavy atom. The van der Waals surface area contributed by atoms with Crippen LogP contribution in [0.2, 0.25) is 5.02 Å². The van der Waals surface area contributed by atoms with Gasteiger partial charge in [-0.25, -0.2) is 15.4 Å². The Bertz CT molecular complexity index is 1590. The first-order valence-corrected chi connectivity index (χ1v) is 13.3. The highest BCUT2D eigenvalue weighted by atomic mass is 35.5. The van der Waals surface area contributed by atoms with E-state index < -0.39 is 11.8 Å². The smallest absolute Gasteiger partial charge is 0.277 e. The number of anilines is 1. The number of piperidine rings is 1. The van der Waals surface area contributed by atoms with Crippen molar-refractivity contribution in [3.05, 3.63) is 65.1 Å². The molecule has 5 rings (SSSR count). The van der Waals surface area contributed by atoms with Gasteiger partial charge in [0.25, 0.3) is 11.8 Å². The van der Waals surface area contributed by atoms with Gasteiger partial charge in [0, 0.05) is 38.1 Å². The SMILES string of the molecule is COc1ccc(-c2c(C(=O)NCC3CCN(c4ncc(C(=O)NO)cn4)CC3)noc2-c2cc(Cl)c(O)cc2O)cc1. The third-order valence-electron chi connectivity index (χ3n) is 7.05. The first kappa shape index (κ1) is 28.6. The molecule has 0 bridgehead atoms. The van der Waals surface area contributed by atoms with Gasteiger partial charge in [-0.2, -0.15) is 0 Å². The fourth-order valence-corrected chi connectivity index (χ4v) is 4.87. The summed E-state index contributed by atoms with van der Waals surface area (Å²) in [6.45, 7) is 1.69. The van der Waals surface area contributed by atoms with Crippen molar-refractivity contribution < 1.29 is 34.3 Å². The molecular formula is C28H27ClN6O7. The summed E-state index contributed by atoms with van der Waals surface area (Å²) in [5, 5.41) is 36.1. The molecule has 5 N–H and O–H groups in total. The molecule has 0 atom stereocenters. The maximum Gasteiger partial charge on any atom is 0.277 e. The fourth-order valence-electron chi connectivity index (χ4n) is 4.71. The molecule has 13 nitrogen and oxygen atoms in total. The monoisotopic (exact) mass is 594 g/mol. The lowest BCUT2D eigenvalue weighted by Gasteiger charge is -2.32. The second kappa shape index (κ2) is 12.3. The second-order valence-corrected chi connectivity index (χ2v) is 10.0. The standard InChI is InChI=1S/C28H27ClN6O7/c1-41-18-4-2-16(3-5-18)23-24(34-42-25(23)19-10-20(29)22(37)11-21(19)36)27(39)30-12-15-6-8-35(9-7-15)28-31-13-17(14-32-28)26(38)33-40/h2-5,10-11,13-15,36-37,40H,6-9,12H2,1H3,(H,30,39)(H,33,38). The predicted molar refractivity (Wildman–Crippen MR) is 151 cm³/mol. The lowest BCUT2D eigenvalue weighted by molar-refractivity contribution is 0.0705. The summed E-state index contributed by atoms with van der Waals surface area (Å²) >= 11 is 6.10. The first-order valence-electron chi connectivity index (χ1n) is 12.9. The zero-order chi connectivity index (χ0) is 29.8. The zero-order valence-electron chi connectivity index (χ0n) is 22.4. The minimum atomic E-state index is -0.686. The summed E-state index contributed by atoms with van der Waals surface area (Å²) in [4.78, 5) is 35.3. The third kappa shape index (κ3) is 5.92. The maximum atomic E-state index is 13.4. The molecule has 2 aromatic heterocycles. The number of methoxy groups -OCH3 is 1. The Morgan fingerprint density at radius 2 is 1.76 bits per heavy atom. The summed E-state index contributed by atoms with van der Waals surface area (Å²) in [5.41, 5.74) is 2.82. The average molecular weight is 595 g/mol. The molecule has 0 aliphatic carbocycles. The van der Waals surface area contributed by atoms with Gasteiger partial charge in [-0.15, -0.1) is 0 Å². The number of hydrogen-bond donors (Lipinski definition) is 5. The molecule has 1 aliphatic rings. The largest absolute Gasteiger partial charge is 0.507 e. The molecule has 0 unspecified atom stereocenters. The van der Waals surface area contributed by atoms with Gasteiger partial charge in [0.1, 0.15) is 17.2 Å². The van der Waals surface area contributed by atoms with Crippen molar-refractivity contribution in [2.45, 2.75) is 12.8 Å².